The van der Waals surface area contributed by atoms with Crippen LogP contribution < -0.4 is 11.1 Å². The van der Waals surface area contributed by atoms with E-state index in [2.05, 4.69) is 37.2 Å². The molecule has 3 N–H and O–H groups in total. The zero-order valence-electron chi connectivity index (χ0n) is 10.2. The van der Waals surface area contributed by atoms with Crippen molar-refractivity contribution in [2.24, 2.45) is 0 Å². The highest BCUT2D eigenvalue weighted by molar-refractivity contribution is 9.10. The molecule has 0 aliphatic carbocycles. The first-order valence-corrected chi connectivity index (χ1v) is 7.18. The first-order chi connectivity index (χ1) is 8.95. The Hall–Kier alpha value is -1.33. The number of nitrogens with one attached hydrogen (secondary N) is 1. The summed E-state index contributed by atoms with van der Waals surface area (Å²) >= 11 is 6.75. The number of rotatable bonds is 2. The fraction of sp³-hybridized carbons (Fsp3) is 0.0714. The maximum Gasteiger partial charge on any atom is 0.255 e. The fourth-order valence-electron chi connectivity index (χ4n) is 1.67. The van der Waals surface area contributed by atoms with Crippen molar-refractivity contribution in [2.75, 3.05) is 11.1 Å². The van der Waals surface area contributed by atoms with Gasteiger partial charge in [0.1, 0.15) is 0 Å². The second kappa shape index (κ2) is 5.75. The van der Waals surface area contributed by atoms with E-state index in [4.69, 9.17) is 5.73 Å². The molecule has 5 heteroatoms. The standard InChI is InChI=1S/C14H12Br2N2O/c1-8-4-12(2-3-13(8)16)18-14(19)9-5-10(15)7-11(17)6-9/h2-7H,17H2,1H3,(H,18,19). The van der Waals surface area contributed by atoms with Crippen LogP contribution in [-0.2, 0) is 0 Å². The predicted molar refractivity (Wildman–Crippen MR) is 85.4 cm³/mol. The minimum absolute atomic E-state index is 0.185. The number of nitrogens with two attached hydrogens (primary N) is 1. The molecule has 19 heavy (non-hydrogen) atoms. The van der Waals surface area contributed by atoms with E-state index >= 15 is 0 Å². The topological polar surface area (TPSA) is 55.1 Å². The van der Waals surface area contributed by atoms with Gasteiger partial charge in [0.05, 0.1) is 0 Å². The molecule has 0 heterocycles. The zero-order valence-corrected chi connectivity index (χ0v) is 13.4. The molecule has 0 saturated heterocycles. The molecule has 0 saturated carbocycles. The molecule has 3 nitrogen and oxygen atoms in total. The zero-order chi connectivity index (χ0) is 14.0. The Bertz CT molecular complexity index is 621. The lowest BCUT2D eigenvalue weighted by Crippen LogP contribution is -2.12. The molecule has 0 fully saturated rings. The molecule has 0 aliphatic rings. The van der Waals surface area contributed by atoms with Crippen LogP contribution in [0.4, 0.5) is 11.4 Å². The molecular weight excluding hydrogens is 372 g/mol. The molecule has 0 spiro atoms. The molecule has 0 aliphatic heterocycles. The van der Waals surface area contributed by atoms with Crippen molar-refractivity contribution in [2.45, 2.75) is 6.92 Å². The molecule has 2 aromatic rings. The van der Waals surface area contributed by atoms with Gasteiger partial charge in [0, 0.05) is 25.9 Å². The monoisotopic (exact) mass is 382 g/mol. The fourth-order valence-corrected chi connectivity index (χ4v) is 2.43. The number of carbonyl (C=O) groups is 1. The van der Waals surface area contributed by atoms with E-state index < -0.39 is 0 Å². The Kier molecular flexibility index (Phi) is 4.27. The number of hydrogen-bond donors (Lipinski definition) is 2. The smallest absolute Gasteiger partial charge is 0.255 e. The number of benzene rings is 2. The van der Waals surface area contributed by atoms with Crippen LogP contribution in [0.2, 0.25) is 0 Å². The minimum Gasteiger partial charge on any atom is -0.399 e. The average molecular weight is 384 g/mol. The van der Waals surface area contributed by atoms with E-state index in [1.54, 1.807) is 18.2 Å². The van der Waals surface area contributed by atoms with Crippen molar-refractivity contribution in [3.63, 3.8) is 0 Å². The van der Waals surface area contributed by atoms with Gasteiger partial charge in [-0.05, 0) is 48.9 Å². The van der Waals surface area contributed by atoms with Crippen molar-refractivity contribution in [1.82, 2.24) is 0 Å². The normalized spacial score (nSPS) is 10.3. The molecular formula is C14H12Br2N2O. The van der Waals surface area contributed by atoms with Crippen molar-refractivity contribution in [1.29, 1.82) is 0 Å². The summed E-state index contributed by atoms with van der Waals surface area (Å²) in [5.41, 5.74) is 8.60. The number of hydrogen-bond acceptors (Lipinski definition) is 2. The van der Waals surface area contributed by atoms with E-state index in [0.717, 1.165) is 20.2 Å². The third-order valence-electron chi connectivity index (χ3n) is 2.60. The van der Waals surface area contributed by atoms with Crippen LogP contribution in [0.25, 0.3) is 0 Å². The summed E-state index contributed by atoms with van der Waals surface area (Å²) in [6.07, 6.45) is 0. The van der Waals surface area contributed by atoms with Crippen molar-refractivity contribution in [3.05, 3.63) is 56.5 Å². The van der Waals surface area contributed by atoms with E-state index in [1.165, 1.54) is 0 Å². The number of halogens is 2. The number of anilines is 2. The van der Waals surface area contributed by atoms with Gasteiger partial charge >= 0.3 is 0 Å². The van der Waals surface area contributed by atoms with Crippen LogP contribution in [0.3, 0.4) is 0 Å². The average Bonchev–Trinajstić information content (AvgIpc) is 2.32. The number of aryl methyl sites for hydroxylation is 1. The number of carbonyl (C=O) groups excluding carboxylic acids is 1. The second-order valence-electron chi connectivity index (χ2n) is 4.19. The third-order valence-corrected chi connectivity index (χ3v) is 3.95. The third kappa shape index (κ3) is 3.58. The summed E-state index contributed by atoms with van der Waals surface area (Å²) < 4.78 is 1.79. The Labute approximate surface area is 128 Å². The molecule has 98 valence electrons. The van der Waals surface area contributed by atoms with Crippen LogP contribution in [0.5, 0.6) is 0 Å². The largest absolute Gasteiger partial charge is 0.399 e. The quantitative estimate of drug-likeness (QED) is 0.757. The summed E-state index contributed by atoms with van der Waals surface area (Å²) in [4.78, 5) is 12.1. The Balaban J connectivity index is 2.22. The second-order valence-corrected chi connectivity index (χ2v) is 5.96. The number of amides is 1. The van der Waals surface area contributed by atoms with Gasteiger partial charge in [0.2, 0.25) is 0 Å². The summed E-state index contributed by atoms with van der Waals surface area (Å²) in [7, 11) is 0. The van der Waals surface area contributed by atoms with E-state index in [9.17, 15) is 4.79 Å². The van der Waals surface area contributed by atoms with Gasteiger partial charge < -0.3 is 11.1 Å². The lowest BCUT2D eigenvalue weighted by molar-refractivity contribution is 0.102. The van der Waals surface area contributed by atoms with Gasteiger partial charge in [0.15, 0.2) is 0 Å². The molecule has 0 atom stereocenters. The van der Waals surface area contributed by atoms with Crippen molar-refractivity contribution in [3.8, 4) is 0 Å². The molecule has 1 amide bonds. The SMILES string of the molecule is Cc1cc(NC(=O)c2cc(N)cc(Br)c2)ccc1Br. The van der Waals surface area contributed by atoms with Crippen LogP contribution in [-0.4, -0.2) is 5.91 Å². The van der Waals surface area contributed by atoms with Gasteiger partial charge in [-0.1, -0.05) is 31.9 Å². The van der Waals surface area contributed by atoms with Gasteiger partial charge in [0.25, 0.3) is 5.91 Å². The summed E-state index contributed by atoms with van der Waals surface area (Å²) in [6.45, 7) is 1.97. The molecule has 0 aromatic heterocycles. The number of nitrogen functional groups attached to an aromatic ring is 1. The predicted octanol–water partition coefficient (Wildman–Crippen LogP) is 4.35. The Morgan fingerprint density at radius 1 is 1.16 bits per heavy atom. The lowest BCUT2D eigenvalue weighted by Gasteiger charge is -2.08. The van der Waals surface area contributed by atoms with Gasteiger partial charge in [-0.15, -0.1) is 0 Å². The maximum absolute atomic E-state index is 12.1. The minimum atomic E-state index is -0.185. The first kappa shape index (κ1) is 14.1. The van der Waals surface area contributed by atoms with Crippen molar-refractivity contribution < 1.29 is 4.79 Å². The lowest BCUT2D eigenvalue weighted by atomic mass is 10.1. The van der Waals surface area contributed by atoms with Crippen LogP contribution in [0.15, 0.2) is 45.3 Å². The van der Waals surface area contributed by atoms with Crippen LogP contribution in [0.1, 0.15) is 15.9 Å². The van der Waals surface area contributed by atoms with E-state index in [1.807, 2.05) is 25.1 Å². The summed E-state index contributed by atoms with van der Waals surface area (Å²) in [5, 5.41) is 2.84. The van der Waals surface area contributed by atoms with Gasteiger partial charge in [-0.2, -0.15) is 0 Å². The van der Waals surface area contributed by atoms with Gasteiger partial charge in [-0.3, -0.25) is 4.79 Å². The highest BCUT2D eigenvalue weighted by atomic mass is 79.9. The highest BCUT2D eigenvalue weighted by Gasteiger charge is 2.08. The van der Waals surface area contributed by atoms with E-state index in [0.29, 0.717) is 11.3 Å². The van der Waals surface area contributed by atoms with Crippen LogP contribution >= 0.6 is 31.9 Å². The molecule has 2 rings (SSSR count). The summed E-state index contributed by atoms with van der Waals surface area (Å²) in [5.74, 6) is -0.185. The Morgan fingerprint density at radius 3 is 2.53 bits per heavy atom. The first-order valence-electron chi connectivity index (χ1n) is 5.59. The molecule has 0 bridgehead atoms. The maximum atomic E-state index is 12.1. The highest BCUT2D eigenvalue weighted by Crippen LogP contribution is 2.22. The summed E-state index contributed by atoms with van der Waals surface area (Å²) in [6, 6.07) is 10.8. The Morgan fingerprint density at radius 2 is 1.89 bits per heavy atom. The van der Waals surface area contributed by atoms with Gasteiger partial charge in [-0.25, -0.2) is 0 Å². The van der Waals surface area contributed by atoms with Crippen LogP contribution in [0, 0.1) is 6.92 Å². The molecule has 2 aromatic carbocycles. The van der Waals surface area contributed by atoms with E-state index in [-0.39, 0.29) is 5.91 Å². The molecule has 0 unspecified atom stereocenters. The molecule has 0 radical (unpaired) electrons. The van der Waals surface area contributed by atoms with Crippen molar-refractivity contribution >= 4 is 49.1 Å².